The van der Waals surface area contributed by atoms with Crippen LogP contribution in [0.5, 0.6) is 0 Å². The standard InChI is InChI=1S/C12H18BrN3O2S/c1-9-4-3-5-16(8-9)19(17,18)15-12-10(2)6-11(13)7-14-12/h6-7,9H,3-5,8H2,1-2H3,(H,14,15). The van der Waals surface area contributed by atoms with E-state index in [2.05, 4.69) is 32.6 Å². The molecule has 5 nitrogen and oxygen atoms in total. The van der Waals surface area contributed by atoms with E-state index in [4.69, 9.17) is 0 Å². The van der Waals surface area contributed by atoms with E-state index in [-0.39, 0.29) is 0 Å². The maximum atomic E-state index is 12.3. The van der Waals surface area contributed by atoms with Gasteiger partial charge in [-0.2, -0.15) is 12.7 Å². The van der Waals surface area contributed by atoms with Crippen molar-refractivity contribution in [2.45, 2.75) is 26.7 Å². The number of halogens is 1. The Kier molecular flexibility index (Phi) is 4.47. The number of nitrogens with one attached hydrogen (secondary N) is 1. The predicted octanol–water partition coefficient (Wildman–Crippen LogP) is 2.54. The van der Waals surface area contributed by atoms with Gasteiger partial charge in [0.1, 0.15) is 5.82 Å². The zero-order valence-corrected chi connectivity index (χ0v) is 13.5. The third-order valence-electron chi connectivity index (χ3n) is 3.23. The summed E-state index contributed by atoms with van der Waals surface area (Å²) in [6, 6.07) is 1.84. The summed E-state index contributed by atoms with van der Waals surface area (Å²) in [6.45, 7) is 5.05. The molecular weight excluding hydrogens is 330 g/mol. The van der Waals surface area contributed by atoms with E-state index in [1.54, 1.807) is 6.20 Å². The molecule has 1 unspecified atom stereocenters. The second-order valence-electron chi connectivity index (χ2n) is 5.03. The quantitative estimate of drug-likeness (QED) is 0.913. The molecule has 0 bridgehead atoms. The molecule has 1 aromatic rings. The normalized spacial score (nSPS) is 21.3. The number of nitrogens with zero attached hydrogens (tertiary/aromatic N) is 2. The van der Waals surface area contributed by atoms with Gasteiger partial charge in [0.2, 0.25) is 0 Å². The van der Waals surface area contributed by atoms with Gasteiger partial charge >= 0.3 is 10.2 Å². The van der Waals surface area contributed by atoms with Gasteiger partial charge in [0.15, 0.2) is 0 Å². The van der Waals surface area contributed by atoms with Gasteiger partial charge in [-0.1, -0.05) is 6.92 Å². The van der Waals surface area contributed by atoms with Gasteiger partial charge in [-0.05, 0) is 53.2 Å². The Morgan fingerprint density at radius 2 is 2.26 bits per heavy atom. The van der Waals surface area contributed by atoms with Gasteiger partial charge in [-0.3, -0.25) is 4.72 Å². The van der Waals surface area contributed by atoms with Crippen LogP contribution >= 0.6 is 15.9 Å². The third kappa shape index (κ3) is 3.67. The second kappa shape index (κ2) is 5.76. The summed E-state index contributed by atoms with van der Waals surface area (Å²) < 4.78 is 29.5. The van der Waals surface area contributed by atoms with E-state index in [1.807, 2.05) is 13.0 Å². The third-order valence-corrected chi connectivity index (χ3v) is 5.13. The first-order chi connectivity index (χ1) is 8.88. The van der Waals surface area contributed by atoms with Crippen molar-refractivity contribution in [3.8, 4) is 0 Å². The van der Waals surface area contributed by atoms with Crippen molar-refractivity contribution in [2.24, 2.45) is 5.92 Å². The number of aryl methyl sites for hydroxylation is 1. The van der Waals surface area contributed by atoms with E-state index in [0.717, 1.165) is 22.9 Å². The first-order valence-corrected chi connectivity index (χ1v) is 8.52. The molecule has 0 aromatic carbocycles. The molecule has 0 radical (unpaired) electrons. The summed E-state index contributed by atoms with van der Waals surface area (Å²) >= 11 is 3.31. The molecule has 2 heterocycles. The highest BCUT2D eigenvalue weighted by Crippen LogP contribution is 2.22. The lowest BCUT2D eigenvalue weighted by molar-refractivity contribution is 0.282. The summed E-state index contributed by atoms with van der Waals surface area (Å²) in [5, 5.41) is 0. The summed E-state index contributed by atoms with van der Waals surface area (Å²) in [4.78, 5) is 4.11. The van der Waals surface area contributed by atoms with Crippen LogP contribution in [-0.2, 0) is 10.2 Å². The van der Waals surface area contributed by atoms with Crippen molar-refractivity contribution in [2.75, 3.05) is 17.8 Å². The van der Waals surface area contributed by atoms with Crippen LogP contribution in [0.15, 0.2) is 16.7 Å². The van der Waals surface area contributed by atoms with Crippen molar-refractivity contribution in [3.63, 3.8) is 0 Å². The van der Waals surface area contributed by atoms with Crippen molar-refractivity contribution in [3.05, 3.63) is 22.3 Å². The smallest absolute Gasteiger partial charge is 0.254 e. The fourth-order valence-electron chi connectivity index (χ4n) is 2.20. The molecule has 1 atom stereocenters. The van der Waals surface area contributed by atoms with Gasteiger partial charge in [-0.15, -0.1) is 0 Å². The van der Waals surface area contributed by atoms with Crippen molar-refractivity contribution in [1.29, 1.82) is 0 Å². The first-order valence-electron chi connectivity index (χ1n) is 6.28. The molecule has 0 aliphatic carbocycles. The Morgan fingerprint density at radius 3 is 2.89 bits per heavy atom. The summed E-state index contributed by atoms with van der Waals surface area (Å²) in [5.74, 6) is 0.797. The van der Waals surface area contributed by atoms with Crippen molar-refractivity contribution < 1.29 is 8.42 Å². The van der Waals surface area contributed by atoms with Crippen LogP contribution in [0.2, 0.25) is 0 Å². The average Bonchev–Trinajstić information content (AvgIpc) is 2.33. The summed E-state index contributed by atoms with van der Waals surface area (Å²) in [5.41, 5.74) is 0.794. The van der Waals surface area contributed by atoms with E-state index < -0.39 is 10.2 Å². The molecule has 1 aliphatic heterocycles. The molecule has 0 spiro atoms. The Labute approximate surface area is 122 Å². The van der Waals surface area contributed by atoms with Gasteiger partial charge < -0.3 is 0 Å². The monoisotopic (exact) mass is 347 g/mol. The van der Waals surface area contributed by atoms with Crippen LogP contribution in [0.1, 0.15) is 25.3 Å². The molecule has 106 valence electrons. The van der Waals surface area contributed by atoms with Gasteiger partial charge in [0, 0.05) is 23.8 Å². The van der Waals surface area contributed by atoms with Crippen LogP contribution in [0.3, 0.4) is 0 Å². The largest absolute Gasteiger partial charge is 0.302 e. The molecule has 0 saturated carbocycles. The highest BCUT2D eigenvalue weighted by Gasteiger charge is 2.27. The number of pyridine rings is 1. The van der Waals surface area contributed by atoms with E-state index in [1.165, 1.54) is 4.31 Å². The average molecular weight is 348 g/mol. The zero-order valence-electron chi connectivity index (χ0n) is 11.1. The Balaban J connectivity index is 2.16. The fourth-order valence-corrected chi connectivity index (χ4v) is 4.05. The molecule has 1 N–H and O–H groups in total. The topological polar surface area (TPSA) is 62.3 Å². The molecule has 1 fully saturated rings. The maximum absolute atomic E-state index is 12.3. The lowest BCUT2D eigenvalue weighted by atomic mass is 10.0. The molecular formula is C12H18BrN3O2S. The molecule has 1 aromatic heterocycles. The minimum atomic E-state index is -3.50. The minimum absolute atomic E-state index is 0.390. The Hall–Kier alpha value is -0.660. The Morgan fingerprint density at radius 1 is 1.53 bits per heavy atom. The van der Waals surface area contributed by atoms with Crippen molar-refractivity contribution in [1.82, 2.24) is 9.29 Å². The maximum Gasteiger partial charge on any atom is 0.302 e. The minimum Gasteiger partial charge on any atom is -0.254 e. The lowest BCUT2D eigenvalue weighted by Gasteiger charge is -2.30. The molecule has 1 aliphatic rings. The Bertz CT molecular complexity index is 562. The second-order valence-corrected chi connectivity index (χ2v) is 7.62. The number of rotatable bonds is 3. The van der Waals surface area contributed by atoms with Gasteiger partial charge in [0.05, 0.1) is 0 Å². The van der Waals surface area contributed by atoms with Crippen LogP contribution in [-0.4, -0.2) is 30.8 Å². The number of anilines is 1. The van der Waals surface area contributed by atoms with Crippen LogP contribution < -0.4 is 4.72 Å². The van der Waals surface area contributed by atoms with E-state index in [0.29, 0.717) is 24.8 Å². The predicted molar refractivity (Wildman–Crippen MR) is 79.2 cm³/mol. The van der Waals surface area contributed by atoms with Crippen LogP contribution in [0.25, 0.3) is 0 Å². The summed E-state index contributed by atoms with van der Waals surface area (Å²) in [6.07, 6.45) is 3.58. The highest BCUT2D eigenvalue weighted by atomic mass is 79.9. The van der Waals surface area contributed by atoms with E-state index in [9.17, 15) is 8.42 Å². The number of hydrogen-bond donors (Lipinski definition) is 1. The molecule has 1 saturated heterocycles. The summed E-state index contributed by atoms with van der Waals surface area (Å²) in [7, 11) is -3.50. The first kappa shape index (κ1) is 14.7. The van der Waals surface area contributed by atoms with Crippen molar-refractivity contribution >= 4 is 32.0 Å². The number of hydrogen-bond acceptors (Lipinski definition) is 3. The lowest BCUT2D eigenvalue weighted by Crippen LogP contribution is -2.42. The SMILES string of the molecule is Cc1cc(Br)cnc1NS(=O)(=O)N1CCCC(C)C1. The molecule has 2 rings (SSSR count). The zero-order chi connectivity index (χ0) is 14.0. The number of piperidine rings is 1. The molecule has 7 heteroatoms. The fraction of sp³-hybridized carbons (Fsp3) is 0.583. The molecule has 0 amide bonds. The number of aromatic nitrogens is 1. The van der Waals surface area contributed by atoms with E-state index >= 15 is 0 Å². The van der Waals surface area contributed by atoms with Crippen LogP contribution in [0, 0.1) is 12.8 Å². The van der Waals surface area contributed by atoms with Gasteiger partial charge in [-0.25, -0.2) is 4.98 Å². The molecule has 19 heavy (non-hydrogen) atoms. The highest BCUT2D eigenvalue weighted by molar-refractivity contribution is 9.10. The van der Waals surface area contributed by atoms with Gasteiger partial charge in [0.25, 0.3) is 0 Å². The van der Waals surface area contributed by atoms with Crippen LogP contribution in [0.4, 0.5) is 5.82 Å².